The highest BCUT2D eigenvalue weighted by atomic mass is 16.5. The first-order valence-corrected chi connectivity index (χ1v) is 4.29. The SMILES string of the molecule is COC1CCN(CCNC=O)C1. The quantitative estimate of drug-likeness (QED) is 0.447. The van der Waals surface area contributed by atoms with Crippen molar-refractivity contribution < 1.29 is 9.53 Å². The highest BCUT2D eigenvalue weighted by molar-refractivity contribution is 5.45. The molecule has 0 bridgehead atoms. The van der Waals surface area contributed by atoms with Crippen molar-refractivity contribution in [3.63, 3.8) is 0 Å². The number of amides is 1. The van der Waals surface area contributed by atoms with Crippen LogP contribution >= 0.6 is 0 Å². The second-order valence-corrected chi connectivity index (χ2v) is 3.02. The minimum Gasteiger partial charge on any atom is -0.380 e. The van der Waals surface area contributed by atoms with E-state index in [2.05, 4.69) is 10.2 Å². The van der Waals surface area contributed by atoms with Gasteiger partial charge < -0.3 is 10.1 Å². The number of hydrogen-bond acceptors (Lipinski definition) is 3. The number of hydrogen-bond donors (Lipinski definition) is 1. The van der Waals surface area contributed by atoms with Crippen molar-refractivity contribution in [1.29, 1.82) is 0 Å². The minimum absolute atomic E-state index is 0.390. The predicted octanol–water partition coefficient (Wildman–Crippen LogP) is -0.547. The summed E-state index contributed by atoms with van der Waals surface area (Å²) in [5.74, 6) is 0. The third kappa shape index (κ3) is 2.79. The standard InChI is InChI=1S/C8H16N2O2/c1-12-8-2-4-10(6-8)5-3-9-7-11/h7-8H,2-6H2,1H3,(H,9,11). The van der Waals surface area contributed by atoms with Crippen LogP contribution in [0, 0.1) is 0 Å². The van der Waals surface area contributed by atoms with Gasteiger partial charge in [0.15, 0.2) is 0 Å². The van der Waals surface area contributed by atoms with Crippen molar-refractivity contribution in [2.45, 2.75) is 12.5 Å². The molecular weight excluding hydrogens is 156 g/mol. The topological polar surface area (TPSA) is 41.6 Å². The van der Waals surface area contributed by atoms with Crippen molar-refractivity contribution >= 4 is 6.41 Å². The lowest BCUT2D eigenvalue weighted by Crippen LogP contribution is -2.30. The van der Waals surface area contributed by atoms with Crippen molar-refractivity contribution in [3.05, 3.63) is 0 Å². The number of ether oxygens (including phenoxy) is 1. The summed E-state index contributed by atoms with van der Waals surface area (Å²) in [6, 6.07) is 0. The van der Waals surface area contributed by atoms with Gasteiger partial charge in [-0.25, -0.2) is 0 Å². The molecule has 1 heterocycles. The van der Waals surface area contributed by atoms with Gasteiger partial charge in [-0.15, -0.1) is 0 Å². The minimum atomic E-state index is 0.390. The van der Waals surface area contributed by atoms with Crippen LogP contribution in [0.1, 0.15) is 6.42 Å². The van der Waals surface area contributed by atoms with Crippen LogP contribution in [0.3, 0.4) is 0 Å². The molecule has 0 spiro atoms. The van der Waals surface area contributed by atoms with E-state index in [1.165, 1.54) is 0 Å². The molecule has 0 saturated carbocycles. The van der Waals surface area contributed by atoms with E-state index >= 15 is 0 Å². The number of nitrogens with one attached hydrogen (secondary N) is 1. The molecule has 4 nitrogen and oxygen atoms in total. The molecule has 1 atom stereocenters. The smallest absolute Gasteiger partial charge is 0.207 e. The third-order valence-electron chi connectivity index (χ3n) is 2.22. The lowest BCUT2D eigenvalue weighted by molar-refractivity contribution is -0.109. The molecular formula is C8H16N2O2. The Kier molecular flexibility index (Phi) is 4.04. The molecule has 1 saturated heterocycles. The molecule has 70 valence electrons. The zero-order valence-corrected chi connectivity index (χ0v) is 7.45. The normalized spacial score (nSPS) is 24.2. The number of rotatable bonds is 5. The van der Waals surface area contributed by atoms with Gasteiger partial charge in [0, 0.05) is 33.3 Å². The Bertz CT molecular complexity index is 141. The summed E-state index contributed by atoms with van der Waals surface area (Å²) >= 11 is 0. The largest absolute Gasteiger partial charge is 0.380 e. The van der Waals surface area contributed by atoms with E-state index in [1.54, 1.807) is 7.11 Å². The molecule has 12 heavy (non-hydrogen) atoms. The van der Waals surface area contributed by atoms with Gasteiger partial charge in [-0.05, 0) is 6.42 Å². The third-order valence-corrected chi connectivity index (χ3v) is 2.22. The second-order valence-electron chi connectivity index (χ2n) is 3.02. The molecule has 1 aliphatic heterocycles. The van der Waals surface area contributed by atoms with Crippen LogP contribution in [0.2, 0.25) is 0 Å². The Labute approximate surface area is 72.9 Å². The van der Waals surface area contributed by atoms with E-state index in [-0.39, 0.29) is 0 Å². The summed E-state index contributed by atoms with van der Waals surface area (Å²) in [7, 11) is 1.75. The molecule has 1 N–H and O–H groups in total. The van der Waals surface area contributed by atoms with Crippen LogP contribution in [0.5, 0.6) is 0 Å². The van der Waals surface area contributed by atoms with Gasteiger partial charge in [-0.1, -0.05) is 0 Å². The maximum absolute atomic E-state index is 9.94. The van der Waals surface area contributed by atoms with Gasteiger partial charge in [0.2, 0.25) is 6.41 Å². The molecule has 0 aromatic carbocycles. The van der Waals surface area contributed by atoms with Gasteiger partial charge in [-0.2, -0.15) is 0 Å². The van der Waals surface area contributed by atoms with Gasteiger partial charge in [0.05, 0.1) is 6.10 Å². The van der Waals surface area contributed by atoms with Gasteiger partial charge >= 0.3 is 0 Å². The molecule has 0 aromatic rings. The summed E-state index contributed by atoms with van der Waals surface area (Å²) in [6.07, 6.45) is 2.24. The Hall–Kier alpha value is -0.610. The van der Waals surface area contributed by atoms with E-state index in [9.17, 15) is 4.79 Å². The molecule has 1 fully saturated rings. The lowest BCUT2D eigenvalue weighted by Gasteiger charge is -2.14. The Balaban J connectivity index is 2.06. The van der Waals surface area contributed by atoms with Crippen LogP contribution in [0.25, 0.3) is 0 Å². The van der Waals surface area contributed by atoms with Crippen molar-refractivity contribution in [1.82, 2.24) is 10.2 Å². The van der Waals surface area contributed by atoms with E-state index in [0.29, 0.717) is 6.10 Å². The molecule has 1 rings (SSSR count). The van der Waals surface area contributed by atoms with E-state index in [1.807, 2.05) is 0 Å². The predicted molar refractivity (Wildman–Crippen MR) is 45.9 cm³/mol. The average molecular weight is 172 g/mol. The van der Waals surface area contributed by atoms with Crippen molar-refractivity contribution in [2.24, 2.45) is 0 Å². The second kappa shape index (κ2) is 5.11. The molecule has 1 aliphatic rings. The number of carbonyl (C=O) groups is 1. The summed E-state index contributed by atoms with van der Waals surface area (Å²) in [5.41, 5.74) is 0. The zero-order chi connectivity index (χ0) is 8.81. The van der Waals surface area contributed by atoms with E-state index < -0.39 is 0 Å². The Morgan fingerprint density at radius 1 is 1.75 bits per heavy atom. The number of nitrogens with zero attached hydrogens (tertiary/aromatic N) is 1. The molecule has 1 unspecified atom stereocenters. The first kappa shape index (κ1) is 9.48. The van der Waals surface area contributed by atoms with Gasteiger partial charge in [-0.3, -0.25) is 9.69 Å². The summed E-state index contributed by atoms with van der Waals surface area (Å²) in [6.45, 7) is 3.74. The molecule has 4 heteroatoms. The lowest BCUT2D eigenvalue weighted by atomic mass is 10.3. The van der Waals surface area contributed by atoms with Gasteiger partial charge in [0.25, 0.3) is 0 Å². The summed E-state index contributed by atoms with van der Waals surface area (Å²) < 4.78 is 5.22. The summed E-state index contributed by atoms with van der Waals surface area (Å²) in [4.78, 5) is 12.2. The number of likely N-dealkylation sites (tertiary alicyclic amines) is 1. The van der Waals surface area contributed by atoms with Gasteiger partial charge in [0.1, 0.15) is 0 Å². The van der Waals surface area contributed by atoms with Crippen LogP contribution in [0.4, 0.5) is 0 Å². The van der Waals surface area contributed by atoms with Crippen LogP contribution in [0.15, 0.2) is 0 Å². The van der Waals surface area contributed by atoms with Crippen LogP contribution < -0.4 is 5.32 Å². The fraction of sp³-hybridized carbons (Fsp3) is 0.875. The monoisotopic (exact) mass is 172 g/mol. The fourth-order valence-electron chi connectivity index (χ4n) is 1.47. The van der Waals surface area contributed by atoms with Crippen LogP contribution in [-0.4, -0.2) is 50.7 Å². The van der Waals surface area contributed by atoms with E-state index in [0.717, 1.165) is 39.0 Å². The van der Waals surface area contributed by atoms with E-state index in [4.69, 9.17) is 4.74 Å². The number of methoxy groups -OCH3 is 1. The highest BCUT2D eigenvalue weighted by Gasteiger charge is 2.20. The maximum atomic E-state index is 9.94. The molecule has 0 aromatic heterocycles. The zero-order valence-electron chi connectivity index (χ0n) is 7.45. The average Bonchev–Trinajstić information content (AvgIpc) is 2.53. The number of carbonyl (C=O) groups excluding carboxylic acids is 1. The Morgan fingerprint density at radius 2 is 2.58 bits per heavy atom. The van der Waals surface area contributed by atoms with Crippen molar-refractivity contribution in [2.75, 3.05) is 33.3 Å². The van der Waals surface area contributed by atoms with Crippen LogP contribution in [-0.2, 0) is 9.53 Å². The molecule has 0 radical (unpaired) electrons. The maximum Gasteiger partial charge on any atom is 0.207 e. The molecule has 0 aliphatic carbocycles. The first-order chi connectivity index (χ1) is 5.86. The molecule has 1 amide bonds. The van der Waals surface area contributed by atoms with Crippen molar-refractivity contribution in [3.8, 4) is 0 Å². The Morgan fingerprint density at radius 3 is 3.17 bits per heavy atom. The first-order valence-electron chi connectivity index (χ1n) is 4.29. The summed E-state index contributed by atoms with van der Waals surface area (Å²) in [5, 5.41) is 2.64. The highest BCUT2D eigenvalue weighted by Crippen LogP contribution is 2.10. The fourth-order valence-corrected chi connectivity index (χ4v) is 1.47.